The SMILES string of the molecule is CCCCCCCCC=CCCCCCCCC(=O)Cl.CCCCCCCCC=CCCCCCCCC(=O)NCCN=[N+]=[N-].[N-]=[N+]=NCCN. The van der Waals surface area contributed by atoms with Gasteiger partial charge in [0.25, 0.3) is 0 Å². The maximum atomic E-state index is 11.5. The van der Waals surface area contributed by atoms with E-state index < -0.39 is 0 Å². The number of hydrogen-bond donors (Lipinski definition) is 2. The molecule has 11 heteroatoms. The fourth-order valence-corrected chi connectivity index (χ4v) is 5.31. The summed E-state index contributed by atoms with van der Waals surface area (Å²) >= 11 is 5.29. The minimum atomic E-state index is -0.192. The highest BCUT2D eigenvalue weighted by Gasteiger charge is 2.00. The van der Waals surface area contributed by atoms with Crippen molar-refractivity contribution < 1.29 is 9.59 Å². The van der Waals surface area contributed by atoms with Crippen LogP contribution < -0.4 is 11.1 Å². The Morgan fingerprint density at radius 1 is 0.569 bits per heavy atom. The summed E-state index contributed by atoms with van der Waals surface area (Å²) in [7, 11) is 0. The quantitative estimate of drug-likeness (QED) is 0.0165. The fraction of sp³-hybridized carbons (Fsp3) is 0.850. The van der Waals surface area contributed by atoms with Gasteiger partial charge in [0.15, 0.2) is 0 Å². The lowest BCUT2D eigenvalue weighted by atomic mass is 10.1. The number of rotatable bonds is 35. The molecule has 0 atom stereocenters. The molecule has 0 unspecified atom stereocenters. The Morgan fingerprint density at radius 3 is 1.27 bits per heavy atom. The van der Waals surface area contributed by atoms with Gasteiger partial charge in [0, 0.05) is 42.3 Å². The number of unbranched alkanes of at least 4 members (excludes halogenated alkanes) is 22. The van der Waals surface area contributed by atoms with Crippen LogP contribution in [0, 0.1) is 0 Å². The van der Waals surface area contributed by atoms with Gasteiger partial charge in [-0.1, -0.05) is 151 Å². The first-order chi connectivity index (χ1) is 25.0. The van der Waals surface area contributed by atoms with Crippen LogP contribution in [0.5, 0.6) is 0 Å². The van der Waals surface area contributed by atoms with Crippen LogP contribution >= 0.6 is 11.6 Å². The molecule has 0 bridgehead atoms. The van der Waals surface area contributed by atoms with Gasteiger partial charge in [-0.05, 0) is 93.4 Å². The van der Waals surface area contributed by atoms with E-state index in [1.54, 1.807) is 0 Å². The molecule has 0 heterocycles. The van der Waals surface area contributed by atoms with Crippen LogP contribution in [-0.2, 0) is 9.59 Å². The van der Waals surface area contributed by atoms with Crippen LogP contribution in [0.1, 0.15) is 194 Å². The number of hydrogen-bond acceptors (Lipinski definition) is 5. The lowest BCUT2D eigenvalue weighted by molar-refractivity contribution is -0.121. The topological polar surface area (TPSA) is 170 Å². The van der Waals surface area contributed by atoms with Crippen molar-refractivity contribution in [3.8, 4) is 0 Å². The van der Waals surface area contributed by atoms with Gasteiger partial charge in [-0.2, -0.15) is 0 Å². The van der Waals surface area contributed by atoms with Gasteiger partial charge in [0.1, 0.15) is 0 Å². The number of allylic oxidation sites excluding steroid dienone is 4. The molecule has 3 N–H and O–H groups in total. The zero-order chi connectivity index (χ0) is 38.1. The lowest BCUT2D eigenvalue weighted by Gasteiger charge is -2.03. The van der Waals surface area contributed by atoms with Crippen LogP contribution in [0.15, 0.2) is 34.5 Å². The standard InChI is InChI=1S/C20H38N4O.C18H33ClO.C2H6N4/c1-2-3-4-5-6-7-8-9-10-11-12-13-14-15-16-17-20(25)22-18-19-23-24-21;1-2-3-4-5-6-7-8-9-10-11-12-13-14-15-16-17-18(19)20;3-1-2-5-6-4/h9-10H,2-8,11-19H2,1H3,(H,22,25);9-10H,2-8,11-17H2,1H3;1-3H2. The van der Waals surface area contributed by atoms with Crippen molar-refractivity contribution in [2.75, 3.05) is 26.2 Å². The molecule has 0 aliphatic heterocycles. The normalized spacial score (nSPS) is 10.5. The van der Waals surface area contributed by atoms with Crippen LogP contribution in [-0.4, -0.2) is 37.3 Å². The third-order valence-electron chi connectivity index (χ3n) is 8.19. The van der Waals surface area contributed by atoms with Gasteiger partial charge in [0.05, 0.1) is 0 Å². The van der Waals surface area contributed by atoms with Crippen molar-refractivity contribution >= 4 is 22.8 Å². The van der Waals surface area contributed by atoms with Crippen molar-refractivity contribution in [1.29, 1.82) is 0 Å². The molecule has 0 saturated carbocycles. The fourth-order valence-electron chi connectivity index (χ4n) is 5.17. The molecule has 51 heavy (non-hydrogen) atoms. The molecule has 0 saturated heterocycles. The average molecular weight is 738 g/mol. The molecule has 10 nitrogen and oxygen atoms in total. The van der Waals surface area contributed by atoms with E-state index in [4.69, 9.17) is 28.4 Å². The predicted molar refractivity (Wildman–Crippen MR) is 220 cm³/mol. The molecule has 0 aromatic heterocycles. The molecule has 0 spiro atoms. The van der Waals surface area contributed by atoms with E-state index in [1.165, 1.54) is 141 Å². The minimum absolute atomic E-state index is 0.0609. The van der Waals surface area contributed by atoms with Crippen molar-refractivity contribution in [2.45, 2.75) is 194 Å². The number of carbonyl (C=O) groups excluding carboxylic acids is 2. The molecule has 0 rings (SSSR count). The summed E-state index contributed by atoms with van der Waals surface area (Å²) in [5.41, 5.74) is 20.7. The number of halogens is 1. The first kappa shape index (κ1) is 52.8. The monoisotopic (exact) mass is 737 g/mol. The van der Waals surface area contributed by atoms with E-state index in [9.17, 15) is 9.59 Å². The molecule has 1 amide bonds. The lowest BCUT2D eigenvalue weighted by Crippen LogP contribution is -2.25. The Kier molecular flexibility index (Phi) is 53.7. The smallest absolute Gasteiger partial charge is 0.221 e. The maximum absolute atomic E-state index is 11.5. The molecular weight excluding hydrogens is 660 g/mol. The number of carbonyl (C=O) groups is 2. The Balaban J connectivity index is -0.000000791. The molecule has 0 aliphatic carbocycles. The van der Waals surface area contributed by atoms with Gasteiger partial charge < -0.3 is 11.1 Å². The van der Waals surface area contributed by atoms with E-state index in [-0.39, 0.29) is 11.1 Å². The van der Waals surface area contributed by atoms with Gasteiger partial charge in [-0.3, -0.25) is 9.59 Å². The second-order valence-corrected chi connectivity index (χ2v) is 13.5. The second-order valence-electron chi connectivity index (χ2n) is 13.1. The Hall–Kier alpha value is -2.51. The van der Waals surface area contributed by atoms with E-state index in [0.29, 0.717) is 39.0 Å². The first-order valence-corrected chi connectivity index (χ1v) is 20.8. The number of nitrogens with two attached hydrogens (primary N) is 1. The zero-order valence-electron chi connectivity index (χ0n) is 32.9. The largest absolute Gasteiger partial charge is 0.356 e. The molecule has 0 aromatic rings. The zero-order valence-corrected chi connectivity index (χ0v) is 33.6. The summed E-state index contributed by atoms with van der Waals surface area (Å²) in [6.45, 7) is 6.12. The highest BCUT2D eigenvalue weighted by Crippen LogP contribution is 2.11. The molecule has 0 fully saturated rings. The summed E-state index contributed by atoms with van der Waals surface area (Å²) in [6, 6.07) is 0. The third-order valence-corrected chi connectivity index (χ3v) is 8.38. The van der Waals surface area contributed by atoms with Crippen molar-refractivity contribution in [3.05, 3.63) is 45.2 Å². The number of nitrogens with one attached hydrogen (secondary N) is 1. The summed E-state index contributed by atoms with van der Waals surface area (Å²) in [5, 5.41) is 9.09. The van der Waals surface area contributed by atoms with Crippen LogP contribution in [0.4, 0.5) is 0 Å². The van der Waals surface area contributed by atoms with E-state index >= 15 is 0 Å². The minimum Gasteiger partial charge on any atom is -0.356 e. The van der Waals surface area contributed by atoms with Gasteiger partial charge >= 0.3 is 0 Å². The van der Waals surface area contributed by atoms with Crippen molar-refractivity contribution in [3.63, 3.8) is 0 Å². The summed E-state index contributed by atoms with van der Waals surface area (Å²) in [6.07, 6.45) is 43.6. The third kappa shape index (κ3) is 59.9. The summed E-state index contributed by atoms with van der Waals surface area (Å²) in [4.78, 5) is 27.1. The molecule has 0 aromatic carbocycles. The van der Waals surface area contributed by atoms with Crippen LogP contribution in [0.2, 0.25) is 0 Å². The highest BCUT2D eigenvalue weighted by atomic mass is 35.5. The van der Waals surface area contributed by atoms with E-state index in [0.717, 1.165) is 25.7 Å². The summed E-state index contributed by atoms with van der Waals surface area (Å²) in [5.74, 6) is 0.0609. The summed E-state index contributed by atoms with van der Waals surface area (Å²) < 4.78 is 0. The molecular formula is C40H77ClN8O2. The molecule has 0 aliphatic rings. The van der Waals surface area contributed by atoms with E-state index in [1.807, 2.05) is 0 Å². The first-order valence-electron chi connectivity index (χ1n) is 20.5. The Bertz CT molecular complexity index is 888. The number of nitrogens with zero attached hydrogens (tertiary/aromatic N) is 6. The van der Waals surface area contributed by atoms with E-state index in [2.05, 4.69) is 63.5 Å². The van der Waals surface area contributed by atoms with Crippen LogP contribution in [0.25, 0.3) is 20.9 Å². The number of azide groups is 2. The Morgan fingerprint density at radius 2 is 0.922 bits per heavy atom. The maximum Gasteiger partial charge on any atom is 0.221 e. The van der Waals surface area contributed by atoms with Gasteiger partial charge in [-0.15, -0.1) is 0 Å². The molecule has 0 radical (unpaired) electrons. The van der Waals surface area contributed by atoms with Crippen LogP contribution in [0.3, 0.4) is 0 Å². The molecule has 296 valence electrons. The van der Waals surface area contributed by atoms with Gasteiger partial charge in [0.2, 0.25) is 11.1 Å². The average Bonchev–Trinajstić information content (AvgIpc) is 3.13. The van der Waals surface area contributed by atoms with Gasteiger partial charge in [-0.25, -0.2) is 0 Å². The predicted octanol–water partition coefficient (Wildman–Crippen LogP) is 13.5. The second kappa shape index (κ2) is 51.9. The highest BCUT2D eigenvalue weighted by molar-refractivity contribution is 6.63. The van der Waals surface area contributed by atoms with Crippen molar-refractivity contribution in [1.82, 2.24) is 5.32 Å². The van der Waals surface area contributed by atoms with Crippen molar-refractivity contribution in [2.24, 2.45) is 16.0 Å². The Labute approximate surface area is 317 Å². The number of amides is 1.